The summed E-state index contributed by atoms with van der Waals surface area (Å²) >= 11 is 0. The van der Waals surface area contributed by atoms with Gasteiger partial charge in [-0.2, -0.15) is 0 Å². The molecule has 1 heterocycles. The summed E-state index contributed by atoms with van der Waals surface area (Å²) in [6.45, 7) is 4.07. The molecule has 0 aromatic carbocycles. The maximum Gasteiger partial charge on any atom is 0.220 e. The molecule has 0 aromatic heterocycles. The van der Waals surface area contributed by atoms with Crippen molar-refractivity contribution in [3.05, 3.63) is 12.4 Å². The molecule has 0 aliphatic carbocycles. The van der Waals surface area contributed by atoms with Crippen LogP contribution in [0.25, 0.3) is 0 Å². The number of hydrogen-bond acceptors (Lipinski definition) is 9. The SMILES string of the molecule is C=C(F)CCCCCCCCCCCCCCCCCCCCCC(=O)N[C@@H](COC1OC(CO)C(O)C(O)C1O)[C@H](O)[C@H](O)CC. The quantitative estimate of drug-likeness (QED) is 0.0512. The number of carbonyl (C=O) groups excluding carboxylic acids is 1. The standard InChI is InChI=1S/C36H68FNO9/c1-3-29(40)32(42)28(26-46-36-35(45)34(44)33(43)30(25-39)47-36)38-31(41)24-22-20-18-16-14-12-10-8-6-4-5-7-9-11-13-15-17-19-21-23-27(2)37/h28-30,32-36,39-40,42-45H,2-26H2,1H3,(H,38,41)/t28-,29+,30?,32-,33?,34?,35?,36?/m0/s1. The van der Waals surface area contributed by atoms with Gasteiger partial charge in [0.05, 0.1) is 31.2 Å². The summed E-state index contributed by atoms with van der Waals surface area (Å²) in [6.07, 6.45) is 13.9. The molecule has 8 atom stereocenters. The minimum absolute atomic E-state index is 0.191. The van der Waals surface area contributed by atoms with E-state index in [1.54, 1.807) is 6.92 Å². The lowest BCUT2D eigenvalue weighted by Crippen LogP contribution is -2.60. The van der Waals surface area contributed by atoms with E-state index in [0.29, 0.717) is 12.8 Å². The molecule has 7 N–H and O–H groups in total. The van der Waals surface area contributed by atoms with Gasteiger partial charge < -0.3 is 45.4 Å². The lowest BCUT2D eigenvalue weighted by molar-refractivity contribution is -0.303. The number of carbonyl (C=O) groups is 1. The normalized spacial score (nSPS) is 23.4. The highest BCUT2D eigenvalue weighted by molar-refractivity contribution is 5.76. The van der Waals surface area contributed by atoms with Gasteiger partial charge in [0.15, 0.2) is 6.29 Å². The first-order chi connectivity index (χ1) is 22.6. The molecule has 1 amide bonds. The first kappa shape index (κ1) is 43.8. The number of ether oxygens (including phenoxy) is 2. The Balaban J connectivity index is 2.09. The van der Waals surface area contributed by atoms with Crippen LogP contribution < -0.4 is 5.32 Å². The Morgan fingerprint density at radius 2 is 1.17 bits per heavy atom. The van der Waals surface area contributed by atoms with Gasteiger partial charge in [0.2, 0.25) is 5.91 Å². The summed E-state index contributed by atoms with van der Waals surface area (Å²) in [5.74, 6) is -0.479. The summed E-state index contributed by atoms with van der Waals surface area (Å²) in [4.78, 5) is 12.6. The number of rotatable bonds is 30. The molecule has 0 radical (unpaired) electrons. The molecule has 1 saturated heterocycles. The fourth-order valence-electron chi connectivity index (χ4n) is 6.03. The third-order valence-corrected chi connectivity index (χ3v) is 9.21. The third kappa shape index (κ3) is 20.2. The second-order valence-corrected chi connectivity index (χ2v) is 13.4. The largest absolute Gasteiger partial charge is 0.394 e. The van der Waals surface area contributed by atoms with Crippen LogP contribution in [-0.2, 0) is 14.3 Å². The van der Waals surface area contributed by atoms with Gasteiger partial charge >= 0.3 is 0 Å². The van der Waals surface area contributed by atoms with Crippen molar-refractivity contribution in [3.63, 3.8) is 0 Å². The van der Waals surface area contributed by atoms with Crippen molar-refractivity contribution in [1.29, 1.82) is 0 Å². The van der Waals surface area contributed by atoms with Crippen LogP contribution in [0.15, 0.2) is 12.4 Å². The Morgan fingerprint density at radius 1 is 0.745 bits per heavy atom. The van der Waals surface area contributed by atoms with E-state index < -0.39 is 55.6 Å². The number of aliphatic hydroxyl groups is 6. The first-order valence-electron chi connectivity index (χ1n) is 18.5. The minimum atomic E-state index is -1.61. The average Bonchev–Trinajstić information content (AvgIpc) is 3.06. The topological polar surface area (TPSA) is 169 Å². The molecule has 47 heavy (non-hydrogen) atoms. The van der Waals surface area contributed by atoms with Crippen molar-refractivity contribution in [2.45, 2.75) is 197 Å². The van der Waals surface area contributed by atoms with Crippen molar-refractivity contribution >= 4 is 5.91 Å². The van der Waals surface area contributed by atoms with E-state index in [-0.39, 0.29) is 31.2 Å². The van der Waals surface area contributed by atoms with Gasteiger partial charge in [0, 0.05) is 6.42 Å². The molecule has 0 aromatic rings. The maximum absolute atomic E-state index is 12.6. The fourth-order valence-corrected chi connectivity index (χ4v) is 6.03. The Kier molecular flexibility index (Phi) is 25.8. The molecule has 0 spiro atoms. The molecule has 11 heteroatoms. The van der Waals surface area contributed by atoms with E-state index in [2.05, 4.69) is 11.9 Å². The second kappa shape index (κ2) is 27.6. The van der Waals surface area contributed by atoms with Gasteiger partial charge in [-0.05, 0) is 25.7 Å². The predicted molar refractivity (Wildman–Crippen MR) is 181 cm³/mol. The van der Waals surface area contributed by atoms with Gasteiger partial charge in [0.25, 0.3) is 0 Å². The summed E-state index contributed by atoms with van der Waals surface area (Å²) in [5.41, 5.74) is 0. The van der Waals surface area contributed by atoms with Gasteiger partial charge in [-0.3, -0.25) is 4.79 Å². The highest BCUT2D eigenvalue weighted by atomic mass is 19.1. The predicted octanol–water partition coefficient (Wildman–Crippen LogP) is 5.09. The van der Waals surface area contributed by atoms with E-state index in [1.165, 1.54) is 83.5 Å². The van der Waals surface area contributed by atoms with E-state index in [1.807, 2.05) is 0 Å². The zero-order valence-electron chi connectivity index (χ0n) is 29.1. The average molecular weight is 678 g/mol. The van der Waals surface area contributed by atoms with Crippen LogP contribution in [0.3, 0.4) is 0 Å². The molecule has 1 aliphatic heterocycles. The molecular weight excluding hydrogens is 609 g/mol. The molecule has 1 fully saturated rings. The monoisotopic (exact) mass is 677 g/mol. The Hall–Kier alpha value is -1.18. The van der Waals surface area contributed by atoms with Crippen LogP contribution in [0.4, 0.5) is 4.39 Å². The van der Waals surface area contributed by atoms with Gasteiger partial charge in [0.1, 0.15) is 30.5 Å². The molecule has 278 valence electrons. The summed E-state index contributed by atoms with van der Waals surface area (Å²) in [7, 11) is 0. The Morgan fingerprint density at radius 3 is 1.57 bits per heavy atom. The van der Waals surface area contributed by atoms with Crippen molar-refractivity contribution in [3.8, 4) is 0 Å². The summed E-state index contributed by atoms with van der Waals surface area (Å²) in [6, 6.07) is -0.993. The molecule has 0 saturated carbocycles. The molecular formula is C36H68FNO9. The number of nitrogens with one attached hydrogen (secondary N) is 1. The van der Waals surface area contributed by atoms with Crippen molar-refractivity contribution in [1.82, 2.24) is 5.32 Å². The molecule has 10 nitrogen and oxygen atoms in total. The minimum Gasteiger partial charge on any atom is -0.394 e. The highest BCUT2D eigenvalue weighted by Crippen LogP contribution is 2.23. The van der Waals surface area contributed by atoms with Crippen LogP contribution in [0.2, 0.25) is 0 Å². The fraction of sp³-hybridized carbons (Fsp3) is 0.917. The van der Waals surface area contributed by atoms with Crippen molar-refractivity contribution in [2.24, 2.45) is 0 Å². The number of halogens is 1. The van der Waals surface area contributed by atoms with Crippen molar-refractivity contribution in [2.75, 3.05) is 13.2 Å². The van der Waals surface area contributed by atoms with Gasteiger partial charge in [-0.1, -0.05) is 123 Å². The van der Waals surface area contributed by atoms with Crippen LogP contribution in [0.5, 0.6) is 0 Å². The molecule has 1 rings (SSSR count). The maximum atomic E-state index is 12.6. The van der Waals surface area contributed by atoms with E-state index in [9.17, 15) is 39.8 Å². The Labute approximate surface area is 283 Å². The molecule has 0 bridgehead atoms. The number of unbranched alkanes of at least 4 members (excludes halogenated alkanes) is 18. The third-order valence-electron chi connectivity index (χ3n) is 9.21. The van der Waals surface area contributed by atoms with E-state index >= 15 is 0 Å². The van der Waals surface area contributed by atoms with Crippen molar-refractivity contribution < 1.29 is 49.3 Å². The number of allylic oxidation sites excluding steroid dienone is 1. The molecule has 5 unspecified atom stereocenters. The van der Waals surface area contributed by atoms with Crippen LogP contribution >= 0.6 is 0 Å². The summed E-state index contributed by atoms with van der Waals surface area (Å²) < 4.78 is 23.4. The number of hydrogen-bond donors (Lipinski definition) is 7. The highest BCUT2D eigenvalue weighted by Gasteiger charge is 2.44. The van der Waals surface area contributed by atoms with Crippen LogP contribution in [-0.4, -0.2) is 98.7 Å². The van der Waals surface area contributed by atoms with Gasteiger partial charge in [-0.25, -0.2) is 4.39 Å². The lowest BCUT2D eigenvalue weighted by atomic mass is 9.99. The Bertz CT molecular complexity index is 790. The number of aliphatic hydroxyl groups excluding tert-OH is 6. The molecule has 1 aliphatic rings. The smallest absolute Gasteiger partial charge is 0.220 e. The summed E-state index contributed by atoms with van der Waals surface area (Å²) in [5, 5.41) is 62.9. The van der Waals surface area contributed by atoms with E-state index in [0.717, 1.165) is 32.1 Å². The van der Waals surface area contributed by atoms with Gasteiger partial charge in [-0.15, -0.1) is 0 Å². The number of amides is 1. The second-order valence-electron chi connectivity index (χ2n) is 13.4. The first-order valence-corrected chi connectivity index (χ1v) is 18.5. The van der Waals surface area contributed by atoms with E-state index in [4.69, 9.17) is 9.47 Å². The van der Waals surface area contributed by atoms with Crippen LogP contribution in [0, 0.1) is 0 Å². The van der Waals surface area contributed by atoms with Crippen LogP contribution in [0.1, 0.15) is 148 Å². The zero-order valence-corrected chi connectivity index (χ0v) is 29.1. The lowest BCUT2D eigenvalue weighted by Gasteiger charge is -2.40. The zero-order chi connectivity index (χ0) is 34.9.